The van der Waals surface area contributed by atoms with E-state index in [1.165, 1.54) is 0 Å². The Bertz CT molecular complexity index is 458. The van der Waals surface area contributed by atoms with Crippen molar-refractivity contribution in [1.29, 1.82) is 0 Å². The van der Waals surface area contributed by atoms with Crippen LogP contribution in [0.2, 0.25) is 5.02 Å². The summed E-state index contributed by atoms with van der Waals surface area (Å²) < 4.78 is 0. The van der Waals surface area contributed by atoms with E-state index in [0.717, 1.165) is 29.9 Å². The second kappa shape index (κ2) is 4.67. The van der Waals surface area contributed by atoms with Gasteiger partial charge in [-0.25, -0.2) is 0 Å². The molecule has 0 aliphatic carbocycles. The van der Waals surface area contributed by atoms with Gasteiger partial charge < -0.3 is 11.1 Å². The van der Waals surface area contributed by atoms with Crippen LogP contribution in [0.25, 0.3) is 0 Å². The average Bonchev–Trinajstić information content (AvgIpc) is 2.27. The van der Waals surface area contributed by atoms with Crippen LogP contribution in [0.5, 0.6) is 0 Å². The van der Waals surface area contributed by atoms with Crippen LogP contribution in [0.1, 0.15) is 12.0 Å². The molecule has 6 heteroatoms. The van der Waals surface area contributed by atoms with E-state index >= 15 is 0 Å². The molecular weight excluding hydrogens is 244 g/mol. The molecule has 1 aromatic carbocycles. The molecule has 0 bridgehead atoms. The first-order valence-electron chi connectivity index (χ1n) is 4.83. The predicted octanol–water partition coefficient (Wildman–Crippen LogP) is 1.69. The number of benzene rings is 1. The maximum absolute atomic E-state index is 6.08. The molecular formula is C10H11ClN4S. The molecule has 0 spiro atoms. The van der Waals surface area contributed by atoms with Gasteiger partial charge in [0.15, 0.2) is 5.11 Å². The normalized spacial score (nSPS) is 16.4. The van der Waals surface area contributed by atoms with Crippen LogP contribution in [0.15, 0.2) is 23.3 Å². The predicted molar refractivity (Wildman–Crippen MR) is 71.0 cm³/mol. The van der Waals surface area contributed by atoms with Crippen molar-refractivity contribution in [2.45, 2.75) is 6.42 Å². The Morgan fingerprint density at radius 2 is 2.38 bits per heavy atom. The van der Waals surface area contributed by atoms with Gasteiger partial charge in [0, 0.05) is 18.5 Å². The zero-order valence-corrected chi connectivity index (χ0v) is 10.0. The molecule has 0 saturated carbocycles. The molecule has 16 heavy (non-hydrogen) atoms. The molecule has 4 nitrogen and oxygen atoms in total. The maximum atomic E-state index is 6.08. The molecule has 0 saturated heterocycles. The number of nitrogens with two attached hydrogens (primary N) is 1. The Hall–Kier alpha value is -1.33. The van der Waals surface area contributed by atoms with Gasteiger partial charge in [-0.3, -0.25) is 5.43 Å². The Morgan fingerprint density at radius 1 is 1.56 bits per heavy atom. The number of hydrogen-bond acceptors (Lipinski definition) is 3. The summed E-state index contributed by atoms with van der Waals surface area (Å²) in [6.45, 7) is 0.800. The van der Waals surface area contributed by atoms with Crippen LogP contribution in [0.3, 0.4) is 0 Å². The highest BCUT2D eigenvalue weighted by Crippen LogP contribution is 2.29. The van der Waals surface area contributed by atoms with Gasteiger partial charge >= 0.3 is 0 Å². The lowest BCUT2D eigenvalue weighted by Gasteiger charge is -2.20. The van der Waals surface area contributed by atoms with Gasteiger partial charge in [-0.15, -0.1) is 0 Å². The summed E-state index contributed by atoms with van der Waals surface area (Å²) in [6, 6.07) is 5.70. The molecule has 0 radical (unpaired) electrons. The Kier molecular flexibility index (Phi) is 3.26. The van der Waals surface area contributed by atoms with Crippen LogP contribution < -0.4 is 16.5 Å². The van der Waals surface area contributed by atoms with Crippen molar-refractivity contribution in [3.8, 4) is 0 Å². The van der Waals surface area contributed by atoms with Crippen molar-refractivity contribution in [3.05, 3.63) is 28.8 Å². The molecule has 0 aromatic heterocycles. The van der Waals surface area contributed by atoms with E-state index in [2.05, 4.69) is 15.8 Å². The number of nitrogens with one attached hydrogen (secondary N) is 2. The van der Waals surface area contributed by atoms with E-state index < -0.39 is 0 Å². The third-order valence-corrected chi connectivity index (χ3v) is 2.70. The second-order valence-corrected chi connectivity index (χ2v) is 4.22. The van der Waals surface area contributed by atoms with E-state index in [1.54, 1.807) is 0 Å². The molecule has 1 aromatic rings. The lowest BCUT2D eigenvalue weighted by atomic mass is 10.0. The summed E-state index contributed by atoms with van der Waals surface area (Å²) in [5.74, 6) is 0. The number of rotatable bonds is 1. The summed E-state index contributed by atoms with van der Waals surface area (Å²) >= 11 is 10.8. The van der Waals surface area contributed by atoms with Crippen LogP contribution in [-0.2, 0) is 0 Å². The summed E-state index contributed by atoms with van der Waals surface area (Å²) in [5, 5.41) is 8.27. The van der Waals surface area contributed by atoms with Crippen molar-refractivity contribution in [1.82, 2.24) is 5.43 Å². The Balaban J connectivity index is 2.37. The number of fused-ring (bicyclic) bond motifs is 1. The standard InChI is InChI=1S/C10H11ClN4S/c11-7-3-1-2-6-8(14-15-10(12)16)4-5-13-9(6)7/h1-3,13H,4-5H2,(H3,12,15,16). The van der Waals surface area contributed by atoms with E-state index in [1.807, 2.05) is 18.2 Å². The van der Waals surface area contributed by atoms with Crippen LogP contribution in [0, 0.1) is 0 Å². The first-order valence-corrected chi connectivity index (χ1v) is 5.62. The summed E-state index contributed by atoms with van der Waals surface area (Å²) in [6.07, 6.45) is 0.808. The fourth-order valence-corrected chi connectivity index (χ4v) is 1.91. The molecule has 2 rings (SSSR count). The zero-order chi connectivity index (χ0) is 11.5. The lowest BCUT2D eigenvalue weighted by molar-refractivity contribution is 0.984. The minimum atomic E-state index is 0.162. The summed E-state index contributed by atoms with van der Waals surface area (Å²) in [4.78, 5) is 0. The number of anilines is 1. The Labute approximate surface area is 104 Å². The minimum absolute atomic E-state index is 0.162. The SMILES string of the molecule is NC(=S)NN=C1CCNc2c(Cl)cccc21. The van der Waals surface area contributed by atoms with Crippen molar-refractivity contribution >= 4 is 40.3 Å². The van der Waals surface area contributed by atoms with Gasteiger partial charge in [0.1, 0.15) is 0 Å². The van der Waals surface area contributed by atoms with Gasteiger partial charge in [-0.1, -0.05) is 23.7 Å². The van der Waals surface area contributed by atoms with E-state index in [9.17, 15) is 0 Å². The van der Waals surface area contributed by atoms with E-state index in [-0.39, 0.29) is 5.11 Å². The van der Waals surface area contributed by atoms with Gasteiger partial charge in [-0.2, -0.15) is 5.10 Å². The first-order chi connectivity index (χ1) is 7.68. The fraction of sp³-hybridized carbons (Fsp3) is 0.200. The molecule has 1 aliphatic heterocycles. The van der Waals surface area contributed by atoms with Crippen molar-refractivity contribution in [2.24, 2.45) is 10.8 Å². The molecule has 0 unspecified atom stereocenters. The topological polar surface area (TPSA) is 62.4 Å². The summed E-state index contributed by atoms with van der Waals surface area (Å²) in [5.41, 5.74) is 10.7. The average molecular weight is 255 g/mol. The first kappa shape index (κ1) is 11.2. The number of hydrazone groups is 1. The third kappa shape index (κ3) is 2.25. The van der Waals surface area contributed by atoms with Gasteiger partial charge in [0.2, 0.25) is 0 Å². The van der Waals surface area contributed by atoms with Crippen LogP contribution in [-0.4, -0.2) is 17.4 Å². The fourth-order valence-electron chi connectivity index (χ4n) is 1.62. The third-order valence-electron chi connectivity index (χ3n) is 2.29. The molecule has 0 atom stereocenters. The molecule has 1 aliphatic rings. The Morgan fingerprint density at radius 3 is 3.12 bits per heavy atom. The van der Waals surface area contributed by atoms with Crippen molar-refractivity contribution < 1.29 is 0 Å². The minimum Gasteiger partial charge on any atom is -0.383 e. The number of nitrogens with zero attached hydrogens (tertiary/aromatic N) is 1. The van der Waals surface area contributed by atoms with Gasteiger partial charge in [0.05, 0.1) is 16.4 Å². The molecule has 1 heterocycles. The zero-order valence-electron chi connectivity index (χ0n) is 8.46. The molecule has 0 amide bonds. The highest BCUT2D eigenvalue weighted by Gasteiger charge is 2.17. The highest BCUT2D eigenvalue weighted by atomic mass is 35.5. The second-order valence-electron chi connectivity index (χ2n) is 3.37. The van der Waals surface area contributed by atoms with Crippen molar-refractivity contribution in [2.75, 3.05) is 11.9 Å². The summed E-state index contributed by atoms with van der Waals surface area (Å²) in [7, 11) is 0. The van der Waals surface area contributed by atoms with Gasteiger partial charge in [-0.05, 0) is 18.3 Å². The number of thiocarbonyl (C=S) groups is 1. The van der Waals surface area contributed by atoms with Gasteiger partial charge in [0.25, 0.3) is 0 Å². The molecule has 4 N–H and O–H groups in total. The molecule has 0 fully saturated rings. The van der Waals surface area contributed by atoms with Crippen LogP contribution in [0.4, 0.5) is 5.69 Å². The highest BCUT2D eigenvalue weighted by molar-refractivity contribution is 7.80. The quantitative estimate of drug-likeness (QED) is 0.527. The van der Waals surface area contributed by atoms with E-state index in [4.69, 9.17) is 29.6 Å². The molecule has 84 valence electrons. The lowest BCUT2D eigenvalue weighted by Crippen LogP contribution is -2.28. The van der Waals surface area contributed by atoms with E-state index in [0.29, 0.717) is 5.02 Å². The monoisotopic (exact) mass is 254 g/mol. The number of para-hydroxylation sites is 1. The van der Waals surface area contributed by atoms with Crippen molar-refractivity contribution in [3.63, 3.8) is 0 Å². The van der Waals surface area contributed by atoms with Crippen LogP contribution >= 0.6 is 23.8 Å². The maximum Gasteiger partial charge on any atom is 0.184 e. The largest absolute Gasteiger partial charge is 0.383 e. The smallest absolute Gasteiger partial charge is 0.184 e. The number of halogens is 1. The number of hydrogen-bond donors (Lipinski definition) is 3.